The molecule has 0 radical (unpaired) electrons. The summed E-state index contributed by atoms with van der Waals surface area (Å²) in [6.07, 6.45) is 0.386. The van der Waals surface area contributed by atoms with Crippen LogP contribution in [0.25, 0.3) is 21.5 Å². The second-order valence-corrected chi connectivity index (χ2v) is 16.9. The lowest BCUT2D eigenvalue weighted by Crippen LogP contribution is -2.53. The summed E-state index contributed by atoms with van der Waals surface area (Å²) in [6.45, 7) is 0. The molecular weight excluding hydrogens is 841 g/mol. The van der Waals surface area contributed by atoms with Gasteiger partial charge in [-0.25, -0.2) is 0 Å². The molecule has 1 saturated carbocycles. The highest BCUT2D eigenvalue weighted by Crippen LogP contribution is 2.54. The van der Waals surface area contributed by atoms with Gasteiger partial charge in [-0.1, -0.05) is 158 Å². The van der Waals surface area contributed by atoms with Crippen molar-refractivity contribution in [3.63, 3.8) is 0 Å². The third kappa shape index (κ3) is 7.67. The minimum atomic E-state index is -2.05. The first-order valence-corrected chi connectivity index (χ1v) is 22.2. The van der Waals surface area contributed by atoms with Crippen LogP contribution in [0.3, 0.4) is 0 Å². The largest absolute Gasteiger partial charge is 0.496 e. The van der Waals surface area contributed by atoms with Crippen LogP contribution in [0.15, 0.2) is 182 Å². The van der Waals surface area contributed by atoms with Crippen LogP contribution in [0.5, 0.6) is 23.0 Å². The lowest BCUT2D eigenvalue weighted by molar-refractivity contribution is -0.140. The topological polar surface area (TPSA) is 136 Å². The second kappa shape index (κ2) is 18.3. The summed E-state index contributed by atoms with van der Waals surface area (Å²) >= 11 is 0. The average molecular weight is 893 g/mol. The summed E-state index contributed by atoms with van der Waals surface area (Å²) < 4.78 is 23.7. The fraction of sp³-hybridized carbons (Fsp3) is 0.193. The Morgan fingerprint density at radius 1 is 0.433 bits per heavy atom. The third-order valence-electron chi connectivity index (χ3n) is 13.3. The maximum Gasteiger partial charge on any atom is 0.236 e. The van der Waals surface area contributed by atoms with Crippen molar-refractivity contribution in [2.45, 2.75) is 36.1 Å². The van der Waals surface area contributed by atoms with Gasteiger partial charge in [0.15, 0.2) is 0 Å². The van der Waals surface area contributed by atoms with Gasteiger partial charge in [0.25, 0.3) is 0 Å². The number of carbonyl (C=O) groups excluding carboxylic acids is 2. The molecule has 1 fully saturated rings. The highest BCUT2D eigenvalue weighted by Gasteiger charge is 2.60. The van der Waals surface area contributed by atoms with Crippen LogP contribution in [0.4, 0.5) is 0 Å². The smallest absolute Gasteiger partial charge is 0.236 e. The van der Waals surface area contributed by atoms with Crippen LogP contribution in [0.2, 0.25) is 0 Å². The van der Waals surface area contributed by atoms with Gasteiger partial charge in [-0.15, -0.1) is 0 Å². The first-order valence-electron chi connectivity index (χ1n) is 22.2. The molecule has 0 unspecified atom stereocenters. The fourth-order valence-corrected chi connectivity index (χ4v) is 9.79. The summed E-state index contributed by atoms with van der Waals surface area (Å²) in [5.74, 6) is 0.276. The second-order valence-electron chi connectivity index (χ2n) is 16.9. The molecule has 0 aliphatic heterocycles. The van der Waals surface area contributed by atoms with E-state index in [-0.39, 0.29) is 12.8 Å². The van der Waals surface area contributed by atoms with Crippen molar-refractivity contribution < 1.29 is 38.7 Å². The number of hydrogen-bond donors (Lipinski definition) is 4. The SMILES string of the molecule is COc1ccccc1C(O)(c1ccccc1OC)[C@@H](NC(=O)C1(C(=O)N[C@@H](c2cccc3ccccc23)C(O)(c2ccccc2OC)c2ccccc2OC)CC1)c1cccc2ccccc12. The molecule has 10 heteroatoms. The number of nitrogens with one attached hydrogen (secondary N) is 2. The van der Waals surface area contributed by atoms with Gasteiger partial charge in [0.05, 0.1) is 40.5 Å². The summed E-state index contributed by atoms with van der Waals surface area (Å²) in [6, 6.07) is 53.0. The Morgan fingerprint density at radius 2 is 0.716 bits per heavy atom. The number of benzene rings is 8. The van der Waals surface area contributed by atoms with Crippen molar-refractivity contribution in [2.24, 2.45) is 5.41 Å². The van der Waals surface area contributed by atoms with Crippen LogP contribution in [-0.4, -0.2) is 50.5 Å². The van der Waals surface area contributed by atoms with Crippen LogP contribution >= 0.6 is 0 Å². The maximum atomic E-state index is 15.6. The molecule has 0 saturated heterocycles. The molecule has 0 aromatic heterocycles. The number of rotatable bonds is 16. The van der Waals surface area contributed by atoms with Gasteiger partial charge >= 0.3 is 0 Å². The zero-order valence-corrected chi connectivity index (χ0v) is 37.7. The Labute approximate surface area is 389 Å². The van der Waals surface area contributed by atoms with Crippen LogP contribution in [0, 0.1) is 5.41 Å². The van der Waals surface area contributed by atoms with Gasteiger partial charge in [0.2, 0.25) is 11.8 Å². The lowest BCUT2D eigenvalue weighted by atomic mass is 9.74. The van der Waals surface area contributed by atoms with Crippen molar-refractivity contribution in [1.82, 2.24) is 10.6 Å². The third-order valence-corrected chi connectivity index (χ3v) is 13.3. The fourth-order valence-electron chi connectivity index (χ4n) is 9.79. The molecule has 8 aromatic rings. The van der Waals surface area contributed by atoms with Crippen molar-refractivity contribution in [3.05, 3.63) is 215 Å². The molecule has 9 rings (SSSR count). The quantitative estimate of drug-likeness (QED) is 0.0705. The number of aliphatic hydroxyl groups is 2. The van der Waals surface area contributed by atoms with E-state index in [2.05, 4.69) is 10.6 Å². The van der Waals surface area contributed by atoms with Crippen molar-refractivity contribution in [1.29, 1.82) is 0 Å². The number of hydrogen-bond acceptors (Lipinski definition) is 8. The average Bonchev–Trinajstić information content (AvgIpc) is 4.21. The van der Waals surface area contributed by atoms with E-state index in [9.17, 15) is 10.2 Å². The Morgan fingerprint density at radius 3 is 1.03 bits per heavy atom. The van der Waals surface area contributed by atoms with E-state index in [4.69, 9.17) is 18.9 Å². The first kappa shape index (κ1) is 44.5. The van der Waals surface area contributed by atoms with Crippen molar-refractivity contribution in [3.8, 4) is 23.0 Å². The van der Waals surface area contributed by atoms with Gasteiger partial charge in [-0.2, -0.15) is 0 Å². The molecule has 2 amide bonds. The van der Waals surface area contributed by atoms with Gasteiger partial charge in [0, 0.05) is 22.3 Å². The highest BCUT2D eigenvalue weighted by molar-refractivity contribution is 6.08. The molecule has 1 aliphatic carbocycles. The molecule has 0 heterocycles. The zero-order valence-electron chi connectivity index (χ0n) is 37.7. The number of methoxy groups -OCH3 is 4. The lowest BCUT2D eigenvalue weighted by Gasteiger charge is -2.41. The monoisotopic (exact) mass is 892 g/mol. The molecule has 0 bridgehead atoms. The van der Waals surface area contributed by atoms with E-state index in [0.29, 0.717) is 56.4 Å². The zero-order chi connectivity index (χ0) is 46.8. The number of carbonyl (C=O) groups is 2. The predicted molar refractivity (Wildman–Crippen MR) is 259 cm³/mol. The van der Waals surface area contributed by atoms with Gasteiger partial charge in [-0.3, -0.25) is 9.59 Å². The summed E-state index contributed by atoms with van der Waals surface area (Å²) in [7, 11) is 6.11. The number of ether oxygens (including phenoxy) is 4. The molecule has 8 aromatic carbocycles. The number of para-hydroxylation sites is 4. The first-order chi connectivity index (χ1) is 32.6. The molecule has 67 heavy (non-hydrogen) atoms. The van der Waals surface area contributed by atoms with Gasteiger partial charge < -0.3 is 39.8 Å². The minimum absolute atomic E-state index is 0.193. The van der Waals surface area contributed by atoms with Gasteiger partial charge in [-0.05, 0) is 69.8 Å². The van der Waals surface area contributed by atoms with Crippen LogP contribution < -0.4 is 29.6 Å². The highest BCUT2D eigenvalue weighted by atomic mass is 16.5. The molecule has 4 N–H and O–H groups in total. The molecule has 0 spiro atoms. The van der Waals surface area contributed by atoms with E-state index in [1.54, 1.807) is 72.8 Å². The Hall–Kier alpha value is -7.66. The number of amides is 2. The summed E-state index contributed by atoms with van der Waals surface area (Å²) in [5.41, 5.74) is -3.08. The molecule has 10 nitrogen and oxygen atoms in total. The predicted octanol–water partition coefficient (Wildman–Crippen LogP) is 9.69. The Kier molecular flexibility index (Phi) is 12.2. The van der Waals surface area contributed by atoms with Crippen LogP contribution in [0.1, 0.15) is 58.3 Å². The van der Waals surface area contributed by atoms with Crippen molar-refractivity contribution >= 4 is 33.4 Å². The van der Waals surface area contributed by atoms with E-state index < -0.39 is 40.5 Å². The van der Waals surface area contributed by atoms with E-state index >= 15 is 9.59 Å². The Balaban J connectivity index is 1.22. The Bertz CT molecular complexity index is 2800. The van der Waals surface area contributed by atoms with E-state index in [1.165, 1.54) is 28.4 Å². The minimum Gasteiger partial charge on any atom is -0.496 e. The summed E-state index contributed by atoms with van der Waals surface area (Å²) in [4.78, 5) is 31.2. The maximum absolute atomic E-state index is 15.6. The molecule has 338 valence electrons. The van der Waals surface area contributed by atoms with Crippen molar-refractivity contribution in [2.75, 3.05) is 28.4 Å². The molecule has 2 atom stereocenters. The standard InChI is InChI=1S/C57H52N2O8/c1-64-47-31-13-9-27-43(47)56(62,44-28-10-14-32-48(44)65-2)51(41-25-17-21-37-19-5-7-23-39(37)41)58-53(60)55(35-36-55)54(61)59-52(42-26-18-22-38-20-6-8-24-40(38)42)57(63,45-29-11-15-33-49(45)66-3)46-30-12-16-34-50(46)67-4/h5-34,51-52,62-63H,35-36H2,1-4H3,(H,58,60)(H,59,61)/t51-,52-/m0/s1. The normalized spacial score (nSPS) is 14.1. The number of fused-ring (bicyclic) bond motifs is 2. The van der Waals surface area contributed by atoms with E-state index in [0.717, 1.165) is 21.5 Å². The van der Waals surface area contributed by atoms with E-state index in [1.807, 2.05) is 109 Å². The van der Waals surface area contributed by atoms with Crippen LogP contribution in [-0.2, 0) is 20.8 Å². The molecule has 1 aliphatic rings. The summed E-state index contributed by atoms with van der Waals surface area (Å²) in [5, 5.41) is 37.5. The molecular formula is C57H52N2O8. The van der Waals surface area contributed by atoms with Gasteiger partial charge in [0.1, 0.15) is 39.6 Å².